The highest BCUT2D eigenvalue weighted by Gasteiger charge is 2.51. The van der Waals surface area contributed by atoms with Crippen molar-refractivity contribution in [2.45, 2.75) is 24.7 Å². The van der Waals surface area contributed by atoms with E-state index in [9.17, 15) is 18.3 Å². The van der Waals surface area contributed by atoms with Gasteiger partial charge < -0.3 is 5.11 Å². The Hall–Kier alpha value is -1.56. The highest BCUT2D eigenvalue weighted by Crippen LogP contribution is 2.48. The molecule has 6 heteroatoms. The molecular weight excluding hydrogens is 266 g/mol. The van der Waals surface area contributed by atoms with E-state index in [0.29, 0.717) is 31.5 Å². The number of rotatable bonds is 3. The minimum absolute atomic E-state index is 0.188. The molecule has 1 N–H and O–H groups in total. The van der Waals surface area contributed by atoms with Gasteiger partial charge in [0.05, 0.1) is 16.9 Å². The number of carbonyl (C=O) groups is 1. The maximum absolute atomic E-state index is 11.8. The first-order valence-electron chi connectivity index (χ1n) is 6.30. The number of nitrogens with zero attached hydrogens (tertiary/aromatic N) is 1. The van der Waals surface area contributed by atoms with Crippen molar-refractivity contribution in [1.29, 1.82) is 0 Å². The van der Waals surface area contributed by atoms with E-state index in [1.54, 1.807) is 24.3 Å². The second-order valence-electron chi connectivity index (χ2n) is 5.18. The van der Waals surface area contributed by atoms with Crippen LogP contribution in [0.3, 0.4) is 0 Å². The molecule has 0 amide bonds. The third-order valence-electron chi connectivity index (χ3n) is 3.97. The Morgan fingerprint density at radius 3 is 2.26 bits per heavy atom. The van der Waals surface area contributed by atoms with E-state index in [1.807, 2.05) is 0 Å². The number of carboxylic acids is 1. The van der Waals surface area contributed by atoms with E-state index in [1.165, 1.54) is 4.31 Å². The molecule has 0 radical (unpaired) electrons. The third kappa shape index (κ3) is 1.90. The molecule has 19 heavy (non-hydrogen) atoms. The van der Waals surface area contributed by atoms with Gasteiger partial charge in [-0.2, -0.15) is 0 Å². The van der Waals surface area contributed by atoms with Gasteiger partial charge in [0.25, 0.3) is 0 Å². The summed E-state index contributed by atoms with van der Waals surface area (Å²) in [5.41, 5.74) is 0.658. The van der Waals surface area contributed by atoms with Crippen LogP contribution in [0.5, 0.6) is 0 Å². The summed E-state index contributed by atoms with van der Waals surface area (Å²) in [6.45, 7) is 0.506. The second-order valence-corrected chi connectivity index (χ2v) is 7.19. The number of sulfonamides is 1. The molecule has 2 fully saturated rings. The Morgan fingerprint density at radius 2 is 1.84 bits per heavy atom. The molecule has 1 aliphatic carbocycles. The Balaban J connectivity index is 1.90. The molecule has 1 saturated heterocycles. The van der Waals surface area contributed by atoms with Gasteiger partial charge in [0.2, 0.25) is 10.0 Å². The Kier molecular flexibility index (Phi) is 2.60. The Labute approximate surface area is 111 Å². The highest BCUT2D eigenvalue weighted by molar-refractivity contribution is 7.93. The lowest BCUT2D eigenvalue weighted by molar-refractivity contribution is -0.140. The van der Waals surface area contributed by atoms with E-state index >= 15 is 0 Å². The molecule has 5 nitrogen and oxygen atoms in total. The fraction of sp³-hybridized carbons (Fsp3) is 0.462. The van der Waals surface area contributed by atoms with Gasteiger partial charge in [-0.25, -0.2) is 8.42 Å². The summed E-state index contributed by atoms with van der Waals surface area (Å²) >= 11 is 0. The summed E-state index contributed by atoms with van der Waals surface area (Å²) in [7, 11) is -3.17. The first-order chi connectivity index (χ1) is 8.96. The standard InChI is InChI=1S/C13H15NO4S/c15-12(16)13(6-7-13)10-2-4-11(5-3-10)14-8-1-9-19(14,17)18/h2-5H,1,6-9H2,(H,15,16). The maximum atomic E-state index is 11.8. The van der Waals surface area contributed by atoms with Gasteiger partial charge in [-0.3, -0.25) is 9.10 Å². The van der Waals surface area contributed by atoms with Crippen molar-refractivity contribution in [2.75, 3.05) is 16.6 Å². The van der Waals surface area contributed by atoms with Gasteiger partial charge in [-0.05, 0) is 37.0 Å². The number of benzene rings is 1. The fourth-order valence-corrected chi connectivity index (χ4v) is 4.19. The van der Waals surface area contributed by atoms with Gasteiger partial charge in [0, 0.05) is 6.54 Å². The minimum atomic E-state index is -3.17. The molecule has 1 heterocycles. The zero-order valence-corrected chi connectivity index (χ0v) is 11.2. The SMILES string of the molecule is O=C(O)C1(c2ccc(N3CCCS3(=O)=O)cc2)CC1. The lowest BCUT2D eigenvalue weighted by Crippen LogP contribution is -2.25. The molecule has 0 atom stereocenters. The van der Waals surface area contributed by atoms with Crippen molar-refractivity contribution in [1.82, 2.24) is 0 Å². The molecule has 102 valence electrons. The molecule has 0 bridgehead atoms. The number of anilines is 1. The molecule has 0 spiro atoms. The van der Waals surface area contributed by atoms with Crippen LogP contribution in [0, 0.1) is 0 Å². The van der Waals surface area contributed by atoms with Crippen molar-refractivity contribution in [3.63, 3.8) is 0 Å². The molecule has 1 aromatic rings. The summed E-state index contributed by atoms with van der Waals surface area (Å²) in [6.07, 6.45) is 1.95. The van der Waals surface area contributed by atoms with Crippen LogP contribution in [0.2, 0.25) is 0 Å². The van der Waals surface area contributed by atoms with Crippen LogP contribution >= 0.6 is 0 Å². The Bertz CT molecular complexity index is 617. The number of hydrogen-bond acceptors (Lipinski definition) is 3. The van der Waals surface area contributed by atoms with E-state index < -0.39 is 21.4 Å². The van der Waals surface area contributed by atoms with Crippen LogP contribution in [-0.2, 0) is 20.2 Å². The van der Waals surface area contributed by atoms with Gasteiger partial charge in [-0.15, -0.1) is 0 Å². The highest BCUT2D eigenvalue weighted by atomic mass is 32.2. The van der Waals surface area contributed by atoms with Gasteiger partial charge in [0.1, 0.15) is 0 Å². The average molecular weight is 281 g/mol. The molecule has 2 aliphatic rings. The average Bonchev–Trinajstić information content (AvgIpc) is 3.10. The van der Waals surface area contributed by atoms with Crippen molar-refractivity contribution >= 4 is 21.7 Å². The predicted molar refractivity (Wildman–Crippen MR) is 70.7 cm³/mol. The fourth-order valence-electron chi connectivity index (χ4n) is 2.63. The second kappa shape index (κ2) is 3.96. The zero-order valence-electron chi connectivity index (χ0n) is 10.4. The largest absolute Gasteiger partial charge is 0.481 e. The molecule has 1 aliphatic heterocycles. The molecule has 3 rings (SSSR count). The normalized spacial score (nSPS) is 23.3. The topological polar surface area (TPSA) is 74.7 Å². The van der Waals surface area contributed by atoms with Gasteiger partial charge in [0.15, 0.2) is 0 Å². The maximum Gasteiger partial charge on any atom is 0.314 e. The van der Waals surface area contributed by atoms with Gasteiger partial charge >= 0.3 is 5.97 Å². The van der Waals surface area contributed by atoms with Gasteiger partial charge in [-0.1, -0.05) is 12.1 Å². The van der Waals surface area contributed by atoms with E-state index in [4.69, 9.17) is 0 Å². The zero-order chi connectivity index (χ0) is 13.7. The first kappa shape index (κ1) is 12.5. The van der Waals surface area contributed by atoms with E-state index in [2.05, 4.69) is 0 Å². The van der Waals surface area contributed by atoms with Crippen LogP contribution in [-0.4, -0.2) is 31.8 Å². The van der Waals surface area contributed by atoms with Crippen molar-refractivity contribution in [3.05, 3.63) is 29.8 Å². The molecular formula is C13H15NO4S. The van der Waals surface area contributed by atoms with Crippen molar-refractivity contribution in [2.24, 2.45) is 0 Å². The first-order valence-corrected chi connectivity index (χ1v) is 7.91. The predicted octanol–water partition coefficient (Wildman–Crippen LogP) is 1.34. The van der Waals surface area contributed by atoms with Crippen molar-refractivity contribution < 1.29 is 18.3 Å². The number of hydrogen-bond donors (Lipinski definition) is 1. The molecule has 0 unspecified atom stereocenters. The summed E-state index contributed by atoms with van der Waals surface area (Å²) in [4.78, 5) is 11.2. The molecule has 1 saturated carbocycles. The van der Waals surface area contributed by atoms with E-state index in [0.717, 1.165) is 5.56 Å². The van der Waals surface area contributed by atoms with Crippen LogP contribution < -0.4 is 4.31 Å². The lowest BCUT2D eigenvalue weighted by atomic mass is 9.96. The summed E-state index contributed by atoms with van der Waals surface area (Å²) in [5, 5.41) is 9.21. The third-order valence-corrected chi connectivity index (χ3v) is 5.84. The Morgan fingerprint density at radius 1 is 1.21 bits per heavy atom. The molecule has 0 aromatic heterocycles. The van der Waals surface area contributed by atoms with Crippen LogP contribution in [0.25, 0.3) is 0 Å². The minimum Gasteiger partial charge on any atom is -0.481 e. The molecule has 1 aromatic carbocycles. The number of carboxylic acid groups (broad SMARTS) is 1. The van der Waals surface area contributed by atoms with Crippen LogP contribution in [0.1, 0.15) is 24.8 Å². The smallest absolute Gasteiger partial charge is 0.314 e. The van der Waals surface area contributed by atoms with Crippen molar-refractivity contribution in [3.8, 4) is 0 Å². The lowest BCUT2D eigenvalue weighted by Gasteiger charge is -2.18. The van der Waals surface area contributed by atoms with Crippen LogP contribution in [0.4, 0.5) is 5.69 Å². The monoisotopic (exact) mass is 281 g/mol. The quantitative estimate of drug-likeness (QED) is 0.907. The summed E-state index contributed by atoms with van der Waals surface area (Å²) in [6, 6.07) is 6.90. The summed E-state index contributed by atoms with van der Waals surface area (Å²) < 4.78 is 25.0. The van der Waals surface area contributed by atoms with E-state index in [-0.39, 0.29) is 5.75 Å². The summed E-state index contributed by atoms with van der Waals surface area (Å²) in [5.74, 6) is -0.609. The number of aliphatic carboxylic acids is 1. The van der Waals surface area contributed by atoms with Crippen LogP contribution in [0.15, 0.2) is 24.3 Å².